The second-order valence-corrected chi connectivity index (χ2v) is 7.23. The van der Waals surface area contributed by atoms with Gasteiger partial charge in [0.05, 0.1) is 10.0 Å². The quantitative estimate of drug-likeness (QED) is 0.737. The molecule has 3 aromatic rings. The lowest BCUT2D eigenvalue weighted by atomic mass is 10.2. The third-order valence-electron chi connectivity index (χ3n) is 3.89. The second-order valence-electron chi connectivity index (χ2n) is 5.46. The number of benzene rings is 1. The summed E-state index contributed by atoms with van der Waals surface area (Å²) in [5, 5.41) is 8.59. The number of carbonyl (C=O) groups is 1. The first-order chi connectivity index (χ1) is 12.0. The van der Waals surface area contributed by atoms with Crippen LogP contribution in [-0.2, 0) is 4.79 Å². The fraction of sp³-hybridized carbons (Fsp3) is 0.200. The Hall–Kier alpha value is -2.16. The molecule has 25 heavy (non-hydrogen) atoms. The van der Waals surface area contributed by atoms with Crippen LogP contribution in [0.25, 0.3) is 4.96 Å². The number of amides is 1. The number of hydrogen-bond donors (Lipinski definition) is 1. The van der Waals surface area contributed by atoms with Crippen molar-refractivity contribution in [2.24, 2.45) is 0 Å². The van der Waals surface area contributed by atoms with Crippen LogP contribution in [0, 0.1) is 0 Å². The van der Waals surface area contributed by atoms with Crippen molar-refractivity contribution in [3.05, 3.63) is 50.9 Å². The van der Waals surface area contributed by atoms with Gasteiger partial charge in [-0.3, -0.25) is 9.59 Å². The third kappa shape index (κ3) is 2.97. The number of nitrogens with one attached hydrogen (secondary N) is 1. The summed E-state index contributed by atoms with van der Waals surface area (Å²) in [6.45, 7) is 0.553. The zero-order valence-electron chi connectivity index (χ0n) is 12.6. The van der Waals surface area contributed by atoms with Crippen molar-refractivity contribution in [2.75, 3.05) is 16.8 Å². The molecule has 2 aromatic heterocycles. The third-order valence-corrected chi connectivity index (χ3v) is 5.48. The Kier molecular flexibility index (Phi) is 4.10. The van der Waals surface area contributed by atoms with E-state index in [1.54, 1.807) is 23.1 Å². The Morgan fingerprint density at radius 3 is 2.80 bits per heavy atom. The van der Waals surface area contributed by atoms with Crippen molar-refractivity contribution >= 4 is 56.2 Å². The van der Waals surface area contributed by atoms with E-state index in [1.807, 2.05) is 0 Å². The van der Waals surface area contributed by atoms with Crippen molar-refractivity contribution in [1.82, 2.24) is 14.6 Å². The maximum atomic E-state index is 12.7. The summed E-state index contributed by atoms with van der Waals surface area (Å²) in [5.74, 6) is -0.0852. The minimum Gasteiger partial charge on any atom is -0.348 e. The summed E-state index contributed by atoms with van der Waals surface area (Å²) in [6.07, 6.45) is 2.05. The van der Waals surface area contributed by atoms with Crippen molar-refractivity contribution in [3.8, 4) is 0 Å². The number of rotatable bonds is 3. The first kappa shape index (κ1) is 16.3. The number of fused-ring (bicyclic) bond motifs is 1. The molecule has 1 aliphatic heterocycles. The Morgan fingerprint density at radius 2 is 2.04 bits per heavy atom. The summed E-state index contributed by atoms with van der Waals surface area (Å²) < 4.78 is 1.21. The molecule has 0 aliphatic carbocycles. The van der Waals surface area contributed by atoms with E-state index >= 15 is 0 Å². The first-order valence-electron chi connectivity index (χ1n) is 7.41. The zero-order valence-corrected chi connectivity index (χ0v) is 15.0. The highest BCUT2D eigenvalue weighted by Gasteiger charge is 2.33. The molecule has 3 heterocycles. The van der Waals surface area contributed by atoms with Gasteiger partial charge in [-0.1, -0.05) is 34.5 Å². The molecule has 0 spiro atoms. The molecule has 1 aromatic carbocycles. The molecule has 1 fully saturated rings. The van der Waals surface area contributed by atoms with E-state index in [1.165, 1.54) is 28.1 Å². The molecule has 1 unspecified atom stereocenters. The molecule has 0 radical (unpaired) electrons. The molecular weight excluding hydrogens is 385 g/mol. The summed E-state index contributed by atoms with van der Waals surface area (Å²) in [5.41, 5.74) is 0.440. The van der Waals surface area contributed by atoms with Gasteiger partial charge in [-0.15, -0.1) is 5.10 Å². The minimum atomic E-state index is -0.425. The highest BCUT2D eigenvalue weighted by Crippen LogP contribution is 2.30. The molecule has 10 heteroatoms. The van der Waals surface area contributed by atoms with Gasteiger partial charge in [0.2, 0.25) is 16.0 Å². The van der Waals surface area contributed by atoms with E-state index in [4.69, 9.17) is 23.2 Å². The topological polar surface area (TPSA) is 79.6 Å². The number of carbonyl (C=O) groups excluding carboxylic acids is 1. The van der Waals surface area contributed by atoms with Crippen LogP contribution in [0.2, 0.25) is 10.0 Å². The van der Waals surface area contributed by atoms with Gasteiger partial charge < -0.3 is 10.2 Å². The molecule has 7 nitrogen and oxygen atoms in total. The van der Waals surface area contributed by atoms with Crippen LogP contribution in [0.4, 0.5) is 10.8 Å². The number of nitrogens with zero attached hydrogens (tertiary/aromatic N) is 4. The van der Waals surface area contributed by atoms with Gasteiger partial charge in [0.25, 0.3) is 5.56 Å². The van der Waals surface area contributed by atoms with E-state index < -0.39 is 6.04 Å². The highest BCUT2D eigenvalue weighted by atomic mass is 35.5. The van der Waals surface area contributed by atoms with Crippen LogP contribution in [0.15, 0.2) is 35.3 Å². The summed E-state index contributed by atoms with van der Waals surface area (Å²) in [4.78, 5) is 30.6. The monoisotopic (exact) mass is 395 g/mol. The fourth-order valence-electron chi connectivity index (χ4n) is 2.67. The van der Waals surface area contributed by atoms with E-state index in [2.05, 4.69) is 15.4 Å². The van der Waals surface area contributed by atoms with Gasteiger partial charge in [-0.25, -0.2) is 4.98 Å². The van der Waals surface area contributed by atoms with Crippen LogP contribution in [-0.4, -0.2) is 33.1 Å². The molecule has 1 amide bonds. The molecule has 1 atom stereocenters. The van der Waals surface area contributed by atoms with Crippen LogP contribution in [0.5, 0.6) is 0 Å². The number of hydrogen-bond acceptors (Lipinski definition) is 6. The van der Waals surface area contributed by atoms with Crippen LogP contribution in [0.1, 0.15) is 6.42 Å². The predicted molar refractivity (Wildman–Crippen MR) is 98.0 cm³/mol. The smallest absolute Gasteiger partial charge is 0.275 e. The predicted octanol–water partition coefficient (Wildman–Crippen LogP) is 2.68. The van der Waals surface area contributed by atoms with Crippen molar-refractivity contribution in [1.29, 1.82) is 0 Å². The molecule has 4 rings (SSSR count). The molecule has 1 saturated heterocycles. The van der Waals surface area contributed by atoms with Gasteiger partial charge in [0, 0.05) is 24.5 Å². The van der Waals surface area contributed by atoms with Crippen LogP contribution >= 0.6 is 34.5 Å². The average molecular weight is 396 g/mol. The summed E-state index contributed by atoms with van der Waals surface area (Å²) in [7, 11) is 0. The van der Waals surface area contributed by atoms with Gasteiger partial charge in [0.15, 0.2) is 0 Å². The maximum absolute atomic E-state index is 12.7. The van der Waals surface area contributed by atoms with Crippen LogP contribution in [0.3, 0.4) is 0 Å². The Morgan fingerprint density at radius 1 is 1.20 bits per heavy atom. The van der Waals surface area contributed by atoms with E-state index in [0.717, 1.165) is 0 Å². The minimum absolute atomic E-state index is 0.0852. The highest BCUT2D eigenvalue weighted by molar-refractivity contribution is 7.20. The van der Waals surface area contributed by atoms with E-state index in [-0.39, 0.29) is 11.5 Å². The molecule has 0 bridgehead atoms. The largest absolute Gasteiger partial charge is 0.348 e. The fourth-order valence-corrected chi connectivity index (χ4v) is 3.79. The van der Waals surface area contributed by atoms with Crippen molar-refractivity contribution in [2.45, 2.75) is 12.5 Å². The molecule has 0 saturated carbocycles. The molecule has 1 aliphatic rings. The van der Waals surface area contributed by atoms with Crippen molar-refractivity contribution in [3.63, 3.8) is 0 Å². The second kappa shape index (κ2) is 6.29. The Labute approximate surface area is 155 Å². The lowest BCUT2D eigenvalue weighted by Gasteiger charge is -2.17. The Balaban J connectivity index is 1.55. The molecule has 1 N–H and O–H groups in total. The van der Waals surface area contributed by atoms with E-state index in [0.29, 0.717) is 38.8 Å². The molecule has 128 valence electrons. The van der Waals surface area contributed by atoms with Crippen molar-refractivity contribution < 1.29 is 4.79 Å². The normalized spacial score (nSPS) is 17.4. The maximum Gasteiger partial charge on any atom is 0.275 e. The van der Waals surface area contributed by atoms with Gasteiger partial charge in [-0.05, 0) is 24.6 Å². The number of aromatic nitrogens is 3. The zero-order chi connectivity index (χ0) is 17.6. The lowest BCUT2D eigenvalue weighted by molar-refractivity contribution is -0.117. The summed E-state index contributed by atoms with van der Waals surface area (Å²) >= 11 is 13.2. The Bertz CT molecular complexity index is 1030. The average Bonchev–Trinajstić information content (AvgIpc) is 3.16. The lowest BCUT2D eigenvalue weighted by Crippen LogP contribution is -2.33. The molecular formula is C15H11Cl2N5O2S. The first-order valence-corrected chi connectivity index (χ1v) is 8.98. The summed E-state index contributed by atoms with van der Waals surface area (Å²) in [6, 6.07) is 6.01. The van der Waals surface area contributed by atoms with Gasteiger partial charge in [0.1, 0.15) is 6.04 Å². The number of halogens is 2. The van der Waals surface area contributed by atoms with Gasteiger partial charge >= 0.3 is 0 Å². The number of anilines is 2. The van der Waals surface area contributed by atoms with Crippen LogP contribution < -0.4 is 15.8 Å². The van der Waals surface area contributed by atoms with Gasteiger partial charge in [-0.2, -0.15) is 4.52 Å². The standard InChI is InChI=1S/C15H11Cl2N5O2S/c16-9-2-1-8(7-10(9)17)21-6-4-11(13(21)24)19-14-20-22-12(23)3-5-18-15(22)25-14/h1-3,5,7,11H,4,6H2,(H,19,20). The van der Waals surface area contributed by atoms with E-state index in [9.17, 15) is 9.59 Å². The SMILES string of the molecule is O=C1C(Nc2nn3c(=O)ccnc3s2)CCN1c1ccc(Cl)c(Cl)c1.